The lowest BCUT2D eigenvalue weighted by Gasteiger charge is -2.07. The predicted octanol–water partition coefficient (Wildman–Crippen LogP) is 6.40. The van der Waals surface area contributed by atoms with Crippen molar-refractivity contribution in [3.8, 4) is 33.4 Å². The molecule has 150 valence electrons. The van der Waals surface area contributed by atoms with Gasteiger partial charge in [-0.3, -0.25) is 0 Å². The van der Waals surface area contributed by atoms with E-state index in [1.165, 1.54) is 0 Å². The molecule has 2 heterocycles. The number of carbonyl (C=O) groups is 1. The van der Waals surface area contributed by atoms with E-state index >= 15 is 0 Å². The number of pyridine rings is 1. The Hall–Kier alpha value is -4.25. The van der Waals surface area contributed by atoms with Crippen LogP contribution in [0.1, 0.15) is 10.4 Å². The molecule has 0 bridgehead atoms. The fraction of sp³-hybridized carbons (Fsp3) is 0. The third-order valence-corrected chi connectivity index (χ3v) is 5.36. The summed E-state index contributed by atoms with van der Waals surface area (Å²) in [6.07, 6.45) is 3.56. The Bertz CT molecular complexity index is 1410. The van der Waals surface area contributed by atoms with Crippen molar-refractivity contribution in [1.82, 2.24) is 9.97 Å². The second-order valence-corrected chi connectivity index (χ2v) is 7.27. The molecule has 0 aliphatic rings. The lowest BCUT2D eigenvalue weighted by molar-refractivity contribution is 0.0697. The van der Waals surface area contributed by atoms with Crippen molar-refractivity contribution in [2.24, 2.45) is 0 Å². The van der Waals surface area contributed by atoms with Crippen molar-refractivity contribution in [3.63, 3.8) is 0 Å². The van der Waals surface area contributed by atoms with E-state index in [0.717, 1.165) is 33.2 Å². The third kappa shape index (κ3) is 3.46. The van der Waals surface area contributed by atoms with Gasteiger partial charge < -0.3 is 10.1 Å². The molecular weight excluding hydrogens is 391 g/mol. The molecule has 2 aromatic heterocycles. The van der Waals surface area contributed by atoms with E-state index in [-0.39, 0.29) is 11.4 Å². The summed E-state index contributed by atoms with van der Waals surface area (Å²) in [6, 6.07) is 23.3. The van der Waals surface area contributed by atoms with E-state index in [4.69, 9.17) is 5.11 Å². The van der Waals surface area contributed by atoms with E-state index in [2.05, 4.69) is 9.97 Å². The number of carboxylic acids is 1. The maximum Gasteiger partial charge on any atom is 0.335 e. The number of hydrogen-bond donors (Lipinski definition) is 2. The number of carboxylic acid groups (broad SMARTS) is 1. The van der Waals surface area contributed by atoms with Gasteiger partial charge >= 0.3 is 5.97 Å². The summed E-state index contributed by atoms with van der Waals surface area (Å²) in [6.45, 7) is 0. The molecule has 0 aliphatic heterocycles. The summed E-state index contributed by atoms with van der Waals surface area (Å²) in [5.41, 5.74) is 5.64. The molecule has 0 saturated carbocycles. The molecule has 0 unspecified atom stereocenters. The van der Waals surface area contributed by atoms with Crippen molar-refractivity contribution in [2.75, 3.05) is 0 Å². The first-order chi connectivity index (χ1) is 15.1. The van der Waals surface area contributed by atoms with Crippen LogP contribution in [-0.4, -0.2) is 21.0 Å². The monoisotopic (exact) mass is 408 g/mol. The summed E-state index contributed by atoms with van der Waals surface area (Å²) in [5.74, 6) is -1.25. The van der Waals surface area contributed by atoms with Crippen molar-refractivity contribution >= 4 is 17.0 Å². The fourth-order valence-corrected chi connectivity index (χ4v) is 3.74. The summed E-state index contributed by atoms with van der Waals surface area (Å²) in [7, 11) is 0. The van der Waals surface area contributed by atoms with Crippen LogP contribution in [0.5, 0.6) is 0 Å². The summed E-state index contributed by atoms with van der Waals surface area (Å²) in [5, 5.41) is 9.96. The number of fused-ring (bicyclic) bond motifs is 1. The number of aromatic nitrogens is 2. The second kappa shape index (κ2) is 7.54. The van der Waals surface area contributed by atoms with Crippen LogP contribution in [0.15, 0.2) is 91.3 Å². The first-order valence-electron chi connectivity index (χ1n) is 9.76. The molecule has 0 radical (unpaired) electrons. The highest BCUT2D eigenvalue weighted by atomic mass is 19.1. The van der Waals surface area contributed by atoms with Gasteiger partial charge in [0.1, 0.15) is 11.5 Å². The number of rotatable bonds is 4. The quantitative estimate of drug-likeness (QED) is 0.362. The summed E-state index contributed by atoms with van der Waals surface area (Å²) in [4.78, 5) is 18.7. The van der Waals surface area contributed by atoms with Gasteiger partial charge in [0.2, 0.25) is 0 Å². The van der Waals surface area contributed by atoms with Crippen LogP contribution < -0.4 is 0 Å². The van der Waals surface area contributed by atoms with Crippen molar-refractivity contribution in [2.45, 2.75) is 0 Å². The molecule has 4 nitrogen and oxygen atoms in total. The minimum atomic E-state index is -0.964. The van der Waals surface area contributed by atoms with Crippen LogP contribution in [0.3, 0.4) is 0 Å². The van der Waals surface area contributed by atoms with Gasteiger partial charge in [-0.1, -0.05) is 54.6 Å². The van der Waals surface area contributed by atoms with Gasteiger partial charge in [0, 0.05) is 34.5 Å². The molecule has 0 aliphatic carbocycles. The highest BCUT2D eigenvalue weighted by Crippen LogP contribution is 2.33. The highest BCUT2D eigenvalue weighted by molar-refractivity contribution is 5.96. The Morgan fingerprint density at radius 1 is 0.806 bits per heavy atom. The normalized spacial score (nSPS) is 11.0. The molecule has 31 heavy (non-hydrogen) atoms. The minimum Gasteiger partial charge on any atom is -0.478 e. The molecular formula is C26H17FN2O2. The molecule has 5 aromatic rings. The average molecular weight is 408 g/mol. The number of nitrogens with one attached hydrogen (secondary N) is 1. The van der Waals surface area contributed by atoms with Crippen LogP contribution in [0.25, 0.3) is 44.4 Å². The summed E-state index contributed by atoms with van der Waals surface area (Å²) < 4.78 is 14.9. The first kappa shape index (κ1) is 18.8. The zero-order chi connectivity index (χ0) is 21.4. The average Bonchev–Trinajstić information content (AvgIpc) is 3.23. The standard InChI is InChI=1S/C26H17FN2O2/c27-24-13-19(10-11-21(24)17-4-2-1-3-5-17)23-15-29-25-22(23)12-20(14-28-25)16-6-8-18(9-7-16)26(30)31/h1-15H,(H,28,29)(H,30,31). The lowest BCUT2D eigenvalue weighted by atomic mass is 9.98. The van der Waals surface area contributed by atoms with E-state index in [1.54, 1.807) is 42.6 Å². The van der Waals surface area contributed by atoms with Crippen molar-refractivity contribution < 1.29 is 14.3 Å². The minimum absolute atomic E-state index is 0.231. The van der Waals surface area contributed by atoms with E-state index in [1.807, 2.05) is 48.7 Å². The van der Waals surface area contributed by atoms with Gasteiger partial charge in [0.05, 0.1) is 5.56 Å². The smallest absolute Gasteiger partial charge is 0.335 e. The van der Waals surface area contributed by atoms with Crippen molar-refractivity contribution in [3.05, 3.63) is 103 Å². The molecule has 0 amide bonds. The molecule has 5 heteroatoms. The number of aromatic amines is 1. The third-order valence-electron chi connectivity index (χ3n) is 5.36. The molecule has 0 fully saturated rings. The Kier molecular flexibility index (Phi) is 4.56. The van der Waals surface area contributed by atoms with Gasteiger partial charge in [-0.25, -0.2) is 14.2 Å². The number of H-pyrrole nitrogens is 1. The first-order valence-corrected chi connectivity index (χ1v) is 9.76. The van der Waals surface area contributed by atoms with E-state index < -0.39 is 5.97 Å². The summed E-state index contributed by atoms with van der Waals surface area (Å²) >= 11 is 0. The topological polar surface area (TPSA) is 66.0 Å². The maximum absolute atomic E-state index is 14.9. The maximum atomic E-state index is 14.9. The van der Waals surface area contributed by atoms with Crippen LogP contribution >= 0.6 is 0 Å². The van der Waals surface area contributed by atoms with Gasteiger partial charge in [-0.05, 0) is 41.0 Å². The molecule has 3 aromatic carbocycles. The number of hydrogen-bond acceptors (Lipinski definition) is 2. The van der Waals surface area contributed by atoms with Gasteiger partial charge in [0.25, 0.3) is 0 Å². The van der Waals surface area contributed by atoms with Crippen LogP contribution in [-0.2, 0) is 0 Å². The Morgan fingerprint density at radius 3 is 2.26 bits per heavy atom. The molecule has 5 rings (SSSR count). The molecule has 0 spiro atoms. The number of aromatic carboxylic acids is 1. The Labute approximate surface area is 177 Å². The van der Waals surface area contributed by atoms with E-state index in [0.29, 0.717) is 11.2 Å². The van der Waals surface area contributed by atoms with E-state index in [9.17, 15) is 9.18 Å². The zero-order valence-corrected chi connectivity index (χ0v) is 16.3. The number of benzene rings is 3. The molecule has 0 atom stereocenters. The van der Waals surface area contributed by atoms with Crippen LogP contribution in [0.4, 0.5) is 4.39 Å². The van der Waals surface area contributed by atoms with Crippen molar-refractivity contribution in [1.29, 1.82) is 0 Å². The van der Waals surface area contributed by atoms with Gasteiger partial charge in [-0.15, -0.1) is 0 Å². The Morgan fingerprint density at radius 2 is 1.55 bits per heavy atom. The lowest BCUT2D eigenvalue weighted by Crippen LogP contribution is -1.95. The SMILES string of the molecule is O=C(O)c1ccc(-c2cnc3[nH]cc(-c4ccc(-c5ccccc5)c(F)c4)c3c2)cc1. The number of nitrogens with zero attached hydrogens (tertiary/aromatic N) is 1. The van der Waals surface area contributed by atoms with Gasteiger partial charge in [-0.2, -0.15) is 0 Å². The fourth-order valence-electron chi connectivity index (χ4n) is 3.74. The van der Waals surface area contributed by atoms with Gasteiger partial charge in [0.15, 0.2) is 0 Å². The number of halogens is 1. The zero-order valence-electron chi connectivity index (χ0n) is 16.3. The van der Waals surface area contributed by atoms with Crippen LogP contribution in [0, 0.1) is 5.82 Å². The second-order valence-electron chi connectivity index (χ2n) is 7.27. The van der Waals surface area contributed by atoms with Crippen LogP contribution in [0.2, 0.25) is 0 Å². The highest BCUT2D eigenvalue weighted by Gasteiger charge is 2.12. The predicted molar refractivity (Wildman–Crippen MR) is 119 cm³/mol. The molecule has 0 saturated heterocycles. The largest absolute Gasteiger partial charge is 0.478 e. The Balaban J connectivity index is 1.56. The molecule has 2 N–H and O–H groups in total.